The fourth-order valence-electron chi connectivity index (χ4n) is 1.21. The van der Waals surface area contributed by atoms with Crippen LogP contribution in [0.25, 0.3) is 0 Å². The second-order valence-electron chi connectivity index (χ2n) is 4.14. The van der Waals surface area contributed by atoms with Gasteiger partial charge in [0.05, 0.1) is 12.1 Å². The monoisotopic (exact) mass is 245 g/mol. The van der Waals surface area contributed by atoms with E-state index in [-0.39, 0.29) is 5.91 Å². The van der Waals surface area contributed by atoms with Gasteiger partial charge in [-0.3, -0.25) is 15.0 Å². The van der Waals surface area contributed by atoms with Crippen LogP contribution in [-0.4, -0.2) is 54.2 Å². The smallest absolute Gasteiger partial charge is 0.321 e. The van der Waals surface area contributed by atoms with Crippen molar-refractivity contribution in [3.8, 4) is 0 Å². The largest absolute Gasteiger partial charge is 0.393 e. The standard InChI is InChI=1S/C11H23N3O3/c1-5-12-11(17)13-10(16)9(3)14(4)7-6-8(2)15/h8-9,15H,5-7H2,1-4H3,(H2,12,13,16,17). The lowest BCUT2D eigenvalue weighted by molar-refractivity contribution is -0.124. The van der Waals surface area contributed by atoms with Crippen molar-refractivity contribution < 1.29 is 14.7 Å². The van der Waals surface area contributed by atoms with Gasteiger partial charge in [-0.1, -0.05) is 0 Å². The highest BCUT2D eigenvalue weighted by Gasteiger charge is 2.19. The zero-order valence-electron chi connectivity index (χ0n) is 11.0. The van der Waals surface area contributed by atoms with Gasteiger partial charge < -0.3 is 10.4 Å². The van der Waals surface area contributed by atoms with Gasteiger partial charge in [-0.15, -0.1) is 0 Å². The van der Waals surface area contributed by atoms with Gasteiger partial charge in [0.25, 0.3) is 0 Å². The molecule has 0 aliphatic carbocycles. The quantitative estimate of drug-likeness (QED) is 0.611. The van der Waals surface area contributed by atoms with Crippen molar-refractivity contribution in [3.05, 3.63) is 0 Å². The number of urea groups is 1. The van der Waals surface area contributed by atoms with E-state index in [1.807, 2.05) is 0 Å². The Morgan fingerprint density at radius 3 is 2.41 bits per heavy atom. The Labute approximate surface area is 102 Å². The van der Waals surface area contributed by atoms with Crippen molar-refractivity contribution in [1.29, 1.82) is 0 Å². The van der Waals surface area contributed by atoms with Crippen LogP contribution in [0.15, 0.2) is 0 Å². The summed E-state index contributed by atoms with van der Waals surface area (Å²) in [4.78, 5) is 24.6. The summed E-state index contributed by atoms with van der Waals surface area (Å²) in [6, 6.07) is -0.885. The molecule has 0 aliphatic heterocycles. The van der Waals surface area contributed by atoms with Gasteiger partial charge in [0.15, 0.2) is 0 Å². The van der Waals surface area contributed by atoms with Crippen LogP contribution >= 0.6 is 0 Å². The highest BCUT2D eigenvalue weighted by atomic mass is 16.3. The number of hydrogen-bond donors (Lipinski definition) is 3. The molecule has 0 aliphatic rings. The van der Waals surface area contributed by atoms with E-state index in [2.05, 4.69) is 10.6 Å². The Bertz CT molecular complexity index is 256. The minimum Gasteiger partial charge on any atom is -0.393 e. The third kappa shape index (κ3) is 6.91. The zero-order valence-corrected chi connectivity index (χ0v) is 11.0. The molecule has 6 nitrogen and oxygen atoms in total. The number of aliphatic hydroxyl groups is 1. The van der Waals surface area contributed by atoms with Gasteiger partial charge in [0.2, 0.25) is 5.91 Å². The van der Waals surface area contributed by atoms with Crippen molar-refractivity contribution in [2.75, 3.05) is 20.1 Å². The number of hydrogen-bond acceptors (Lipinski definition) is 4. The normalized spacial score (nSPS) is 14.2. The molecule has 100 valence electrons. The zero-order chi connectivity index (χ0) is 13.4. The van der Waals surface area contributed by atoms with Gasteiger partial charge in [-0.25, -0.2) is 4.79 Å². The molecule has 0 heterocycles. The van der Waals surface area contributed by atoms with Crippen LogP contribution in [0.5, 0.6) is 0 Å². The molecular formula is C11H23N3O3. The number of imide groups is 1. The maximum atomic E-state index is 11.6. The number of rotatable bonds is 6. The minimum absolute atomic E-state index is 0.343. The first-order valence-electron chi connectivity index (χ1n) is 5.85. The molecule has 0 aromatic rings. The van der Waals surface area contributed by atoms with E-state index in [0.717, 1.165) is 0 Å². The summed E-state index contributed by atoms with van der Waals surface area (Å²) in [5, 5.41) is 13.9. The Hall–Kier alpha value is -1.14. The first-order valence-corrected chi connectivity index (χ1v) is 5.85. The molecule has 0 aromatic heterocycles. The summed E-state index contributed by atoms with van der Waals surface area (Å²) in [5.74, 6) is -0.343. The Morgan fingerprint density at radius 1 is 1.35 bits per heavy atom. The average Bonchev–Trinajstić information content (AvgIpc) is 2.24. The van der Waals surface area contributed by atoms with Crippen LogP contribution in [0.4, 0.5) is 4.79 Å². The fourth-order valence-corrected chi connectivity index (χ4v) is 1.21. The number of nitrogens with zero attached hydrogens (tertiary/aromatic N) is 1. The minimum atomic E-state index is -0.478. The third-order valence-corrected chi connectivity index (χ3v) is 2.51. The van der Waals surface area contributed by atoms with Crippen LogP contribution in [0.3, 0.4) is 0 Å². The molecule has 0 rings (SSSR count). The van der Waals surface area contributed by atoms with E-state index in [0.29, 0.717) is 19.5 Å². The molecule has 0 bridgehead atoms. The van der Waals surface area contributed by atoms with Crippen molar-refractivity contribution in [1.82, 2.24) is 15.5 Å². The molecule has 2 atom stereocenters. The fraction of sp³-hybridized carbons (Fsp3) is 0.818. The highest BCUT2D eigenvalue weighted by molar-refractivity contribution is 5.96. The predicted molar refractivity (Wildman–Crippen MR) is 65.6 cm³/mol. The number of carbonyl (C=O) groups is 2. The maximum Gasteiger partial charge on any atom is 0.321 e. The van der Waals surface area contributed by atoms with Crippen LogP contribution in [0.1, 0.15) is 27.2 Å². The van der Waals surface area contributed by atoms with Gasteiger partial charge in [0.1, 0.15) is 0 Å². The molecule has 0 spiro atoms. The molecule has 17 heavy (non-hydrogen) atoms. The predicted octanol–water partition coefficient (Wildman–Crippen LogP) is -0.0767. The summed E-state index contributed by atoms with van der Waals surface area (Å²) in [7, 11) is 1.78. The van der Waals surface area contributed by atoms with Crippen molar-refractivity contribution in [2.24, 2.45) is 0 Å². The van der Waals surface area contributed by atoms with Gasteiger partial charge in [-0.05, 0) is 34.2 Å². The summed E-state index contributed by atoms with van der Waals surface area (Å²) in [6.07, 6.45) is 0.200. The Morgan fingerprint density at radius 2 is 1.94 bits per heavy atom. The molecule has 0 radical (unpaired) electrons. The molecule has 2 unspecified atom stereocenters. The molecule has 0 saturated heterocycles. The summed E-state index contributed by atoms with van der Waals surface area (Å²) in [5.41, 5.74) is 0. The number of nitrogens with one attached hydrogen (secondary N) is 2. The molecule has 3 N–H and O–H groups in total. The summed E-state index contributed by atoms with van der Waals surface area (Å²) >= 11 is 0. The SMILES string of the molecule is CCNC(=O)NC(=O)C(C)N(C)CCC(C)O. The van der Waals surface area contributed by atoms with Crippen LogP contribution in [0, 0.1) is 0 Å². The van der Waals surface area contributed by atoms with Gasteiger partial charge in [0, 0.05) is 13.1 Å². The van der Waals surface area contributed by atoms with E-state index in [1.165, 1.54) is 0 Å². The Kier molecular flexibility index (Phi) is 7.49. The summed E-state index contributed by atoms with van der Waals surface area (Å²) in [6.45, 7) is 6.28. The van der Waals surface area contributed by atoms with E-state index in [9.17, 15) is 9.59 Å². The van der Waals surface area contributed by atoms with Crippen molar-refractivity contribution in [3.63, 3.8) is 0 Å². The number of aliphatic hydroxyl groups excluding tert-OH is 1. The van der Waals surface area contributed by atoms with Gasteiger partial charge in [-0.2, -0.15) is 0 Å². The second kappa shape index (κ2) is 8.03. The summed E-state index contributed by atoms with van der Waals surface area (Å²) < 4.78 is 0. The lowest BCUT2D eigenvalue weighted by Crippen LogP contribution is -2.48. The highest BCUT2D eigenvalue weighted by Crippen LogP contribution is 1.99. The number of amides is 3. The lowest BCUT2D eigenvalue weighted by Gasteiger charge is -2.23. The van der Waals surface area contributed by atoms with E-state index < -0.39 is 18.2 Å². The van der Waals surface area contributed by atoms with Gasteiger partial charge >= 0.3 is 6.03 Å². The molecule has 0 fully saturated rings. The molecule has 6 heteroatoms. The van der Waals surface area contributed by atoms with Crippen LogP contribution < -0.4 is 10.6 Å². The average molecular weight is 245 g/mol. The topological polar surface area (TPSA) is 81.7 Å². The first kappa shape index (κ1) is 15.9. The second-order valence-corrected chi connectivity index (χ2v) is 4.14. The molecule has 3 amide bonds. The molecule has 0 saturated carbocycles. The van der Waals surface area contributed by atoms with Crippen LogP contribution in [-0.2, 0) is 4.79 Å². The third-order valence-electron chi connectivity index (χ3n) is 2.51. The first-order chi connectivity index (χ1) is 7.88. The van der Waals surface area contributed by atoms with E-state index in [1.54, 1.807) is 32.7 Å². The Balaban J connectivity index is 4.06. The van der Waals surface area contributed by atoms with E-state index in [4.69, 9.17) is 5.11 Å². The number of carbonyl (C=O) groups excluding carboxylic acids is 2. The van der Waals surface area contributed by atoms with E-state index >= 15 is 0 Å². The molecular weight excluding hydrogens is 222 g/mol. The number of likely N-dealkylation sites (N-methyl/N-ethyl adjacent to an activating group) is 1. The van der Waals surface area contributed by atoms with Crippen molar-refractivity contribution >= 4 is 11.9 Å². The maximum absolute atomic E-state index is 11.6. The molecule has 0 aromatic carbocycles. The lowest BCUT2D eigenvalue weighted by atomic mass is 10.2. The van der Waals surface area contributed by atoms with Crippen molar-refractivity contribution in [2.45, 2.75) is 39.3 Å². The van der Waals surface area contributed by atoms with Crippen LogP contribution in [0.2, 0.25) is 0 Å².